The molecule has 1 N–H and O–H groups in total. The number of hydrogen-bond acceptors (Lipinski definition) is 6. The average molecular weight is 344 g/mol. The summed E-state index contributed by atoms with van der Waals surface area (Å²) in [6, 6.07) is 3.42. The second-order valence-electron chi connectivity index (χ2n) is 4.99. The first-order valence-electron chi connectivity index (χ1n) is 7.16. The summed E-state index contributed by atoms with van der Waals surface area (Å²) in [6.07, 6.45) is 0.576. The Kier molecular flexibility index (Phi) is 6.64. The van der Waals surface area contributed by atoms with Crippen LogP contribution in [-0.2, 0) is 19.6 Å². The maximum Gasteiger partial charge on any atom is 0.324 e. The lowest BCUT2D eigenvalue weighted by atomic mass is 10.0. The smallest absolute Gasteiger partial charge is 0.324 e. The number of nitro benzene ring substituents is 1. The molecule has 0 saturated heterocycles. The van der Waals surface area contributed by atoms with Crippen molar-refractivity contribution in [3.8, 4) is 0 Å². The summed E-state index contributed by atoms with van der Waals surface area (Å²) in [5.74, 6) is -0.908. The lowest BCUT2D eigenvalue weighted by Gasteiger charge is -2.22. The van der Waals surface area contributed by atoms with Crippen LogP contribution in [0.2, 0.25) is 0 Å². The fourth-order valence-corrected chi connectivity index (χ4v) is 3.14. The molecular weight excluding hydrogens is 324 g/mol. The molecule has 1 aromatic rings. The van der Waals surface area contributed by atoms with E-state index in [2.05, 4.69) is 4.72 Å². The summed E-state index contributed by atoms with van der Waals surface area (Å²) in [6.45, 7) is 5.35. The first kappa shape index (κ1) is 19.0. The Morgan fingerprint density at radius 2 is 1.87 bits per heavy atom. The molecule has 0 fully saturated rings. The molecule has 8 nitrogen and oxygen atoms in total. The Hall–Kier alpha value is -2.00. The molecule has 2 atom stereocenters. The number of nitrogens with zero attached hydrogens (tertiary/aromatic N) is 1. The maximum absolute atomic E-state index is 12.4. The van der Waals surface area contributed by atoms with Crippen LogP contribution in [0.5, 0.6) is 0 Å². The van der Waals surface area contributed by atoms with Crippen molar-refractivity contribution in [3.63, 3.8) is 0 Å². The molecule has 0 aliphatic rings. The minimum absolute atomic E-state index is 0.144. The van der Waals surface area contributed by atoms with Crippen LogP contribution in [-0.4, -0.2) is 32.0 Å². The van der Waals surface area contributed by atoms with Crippen molar-refractivity contribution in [1.82, 2.24) is 4.72 Å². The Labute approximate surface area is 135 Å². The van der Waals surface area contributed by atoms with E-state index < -0.39 is 27.0 Å². The van der Waals surface area contributed by atoms with E-state index in [0.29, 0.717) is 6.42 Å². The third kappa shape index (κ3) is 5.00. The molecular formula is C14H20N2O6S. The van der Waals surface area contributed by atoms with Gasteiger partial charge in [0.1, 0.15) is 6.04 Å². The van der Waals surface area contributed by atoms with Gasteiger partial charge in [-0.1, -0.05) is 20.3 Å². The summed E-state index contributed by atoms with van der Waals surface area (Å²) in [7, 11) is -3.99. The Balaban J connectivity index is 3.05. The number of sulfonamides is 1. The zero-order valence-corrected chi connectivity index (χ0v) is 14.0. The first-order chi connectivity index (χ1) is 10.7. The van der Waals surface area contributed by atoms with Crippen molar-refractivity contribution in [2.75, 3.05) is 6.61 Å². The van der Waals surface area contributed by atoms with E-state index in [1.54, 1.807) is 13.8 Å². The highest BCUT2D eigenvalue weighted by Crippen LogP contribution is 2.18. The summed E-state index contributed by atoms with van der Waals surface area (Å²) in [4.78, 5) is 21.8. The molecule has 0 aromatic heterocycles. The van der Waals surface area contributed by atoms with Gasteiger partial charge in [-0.3, -0.25) is 14.9 Å². The van der Waals surface area contributed by atoms with Crippen molar-refractivity contribution >= 4 is 21.7 Å². The van der Waals surface area contributed by atoms with Crippen molar-refractivity contribution < 1.29 is 22.9 Å². The van der Waals surface area contributed by atoms with Gasteiger partial charge in [-0.25, -0.2) is 8.42 Å². The van der Waals surface area contributed by atoms with Crippen LogP contribution >= 0.6 is 0 Å². The number of carbonyl (C=O) groups is 1. The molecule has 128 valence electrons. The largest absolute Gasteiger partial charge is 0.465 e. The summed E-state index contributed by atoms with van der Waals surface area (Å²) < 4.78 is 32.0. The quantitative estimate of drug-likeness (QED) is 0.437. The zero-order valence-electron chi connectivity index (χ0n) is 13.2. The zero-order chi connectivity index (χ0) is 17.6. The van der Waals surface area contributed by atoms with Gasteiger partial charge in [-0.05, 0) is 25.0 Å². The number of esters is 1. The number of nitro groups is 1. The van der Waals surface area contributed by atoms with E-state index in [1.807, 2.05) is 6.92 Å². The van der Waals surface area contributed by atoms with Crippen LogP contribution in [0.25, 0.3) is 0 Å². The van der Waals surface area contributed by atoms with Gasteiger partial charge in [-0.2, -0.15) is 4.72 Å². The monoisotopic (exact) mass is 344 g/mol. The van der Waals surface area contributed by atoms with Gasteiger partial charge < -0.3 is 4.74 Å². The average Bonchev–Trinajstić information content (AvgIpc) is 2.52. The number of rotatable bonds is 8. The van der Waals surface area contributed by atoms with E-state index in [9.17, 15) is 23.3 Å². The SMILES string of the molecule is CCOC(=O)[C@@H](NS(=O)(=O)c1ccc([N+](=O)[O-])cc1)[C@@H](C)CC. The van der Waals surface area contributed by atoms with Crippen LogP contribution in [0, 0.1) is 16.0 Å². The highest BCUT2D eigenvalue weighted by atomic mass is 32.2. The Morgan fingerprint density at radius 1 is 1.30 bits per heavy atom. The molecule has 23 heavy (non-hydrogen) atoms. The molecule has 9 heteroatoms. The van der Waals surface area contributed by atoms with E-state index in [0.717, 1.165) is 24.3 Å². The topological polar surface area (TPSA) is 116 Å². The first-order valence-corrected chi connectivity index (χ1v) is 8.64. The lowest BCUT2D eigenvalue weighted by molar-refractivity contribution is -0.384. The highest BCUT2D eigenvalue weighted by molar-refractivity contribution is 7.89. The number of nitrogens with one attached hydrogen (secondary N) is 1. The predicted molar refractivity (Wildman–Crippen MR) is 83.3 cm³/mol. The second-order valence-corrected chi connectivity index (χ2v) is 6.70. The molecule has 0 bridgehead atoms. The molecule has 0 amide bonds. The van der Waals surface area contributed by atoms with Crippen molar-refractivity contribution in [2.45, 2.75) is 38.1 Å². The van der Waals surface area contributed by atoms with Gasteiger partial charge in [0.2, 0.25) is 10.0 Å². The summed E-state index contributed by atoms with van der Waals surface area (Å²) in [5, 5.41) is 10.6. The van der Waals surface area contributed by atoms with E-state index >= 15 is 0 Å². The maximum atomic E-state index is 12.4. The van der Waals surface area contributed by atoms with Gasteiger partial charge in [0.05, 0.1) is 16.4 Å². The van der Waals surface area contributed by atoms with Crippen molar-refractivity contribution in [3.05, 3.63) is 34.4 Å². The number of benzene rings is 1. The molecule has 0 heterocycles. The highest BCUT2D eigenvalue weighted by Gasteiger charge is 2.30. The Morgan fingerprint density at radius 3 is 2.30 bits per heavy atom. The molecule has 0 saturated carbocycles. The van der Waals surface area contributed by atoms with Gasteiger partial charge in [0.25, 0.3) is 5.69 Å². The van der Waals surface area contributed by atoms with Crippen LogP contribution in [0.15, 0.2) is 29.2 Å². The van der Waals surface area contributed by atoms with Crippen LogP contribution in [0.3, 0.4) is 0 Å². The van der Waals surface area contributed by atoms with E-state index in [4.69, 9.17) is 4.74 Å². The van der Waals surface area contributed by atoms with E-state index in [1.165, 1.54) is 0 Å². The fourth-order valence-electron chi connectivity index (χ4n) is 1.85. The molecule has 0 aliphatic heterocycles. The van der Waals surface area contributed by atoms with Gasteiger partial charge in [-0.15, -0.1) is 0 Å². The van der Waals surface area contributed by atoms with Crippen LogP contribution < -0.4 is 4.72 Å². The number of carbonyl (C=O) groups excluding carboxylic acids is 1. The molecule has 0 aliphatic carbocycles. The summed E-state index contributed by atoms with van der Waals surface area (Å²) in [5.41, 5.74) is -0.215. The van der Waals surface area contributed by atoms with Crippen LogP contribution in [0.1, 0.15) is 27.2 Å². The minimum Gasteiger partial charge on any atom is -0.465 e. The van der Waals surface area contributed by atoms with Gasteiger partial charge >= 0.3 is 5.97 Å². The number of ether oxygens (including phenoxy) is 1. The minimum atomic E-state index is -3.99. The normalized spacial score (nSPS) is 14.0. The number of non-ortho nitro benzene ring substituents is 1. The van der Waals surface area contributed by atoms with Gasteiger partial charge in [0, 0.05) is 12.1 Å². The lowest BCUT2D eigenvalue weighted by Crippen LogP contribution is -2.45. The van der Waals surface area contributed by atoms with Crippen LogP contribution in [0.4, 0.5) is 5.69 Å². The van der Waals surface area contributed by atoms with E-state index in [-0.39, 0.29) is 23.1 Å². The Bertz CT molecular complexity index is 656. The number of hydrogen-bond donors (Lipinski definition) is 1. The standard InChI is InChI=1S/C14H20N2O6S/c1-4-10(3)13(14(17)22-5-2)15-23(20,21)12-8-6-11(7-9-12)16(18)19/h6-10,13,15H,4-5H2,1-3H3/t10-,13-/m0/s1. The van der Waals surface area contributed by atoms with Gasteiger partial charge in [0.15, 0.2) is 0 Å². The fraction of sp³-hybridized carbons (Fsp3) is 0.500. The second kappa shape index (κ2) is 8.02. The predicted octanol–water partition coefficient (Wildman–Crippen LogP) is 1.85. The van der Waals surface area contributed by atoms with Crippen molar-refractivity contribution in [2.24, 2.45) is 5.92 Å². The molecule has 0 unspecified atom stereocenters. The molecule has 0 radical (unpaired) electrons. The molecule has 1 aromatic carbocycles. The third-order valence-corrected chi connectivity index (χ3v) is 4.85. The summed E-state index contributed by atoms with van der Waals surface area (Å²) >= 11 is 0. The van der Waals surface area contributed by atoms with Crippen molar-refractivity contribution in [1.29, 1.82) is 0 Å². The molecule has 0 spiro atoms. The third-order valence-electron chi connectivity index (χ3n) is 3.39. The molecule has 1 rings (SSSR count).